The quantitative estimate of drug-likeness (QED) is 0.785. The third-order valence-electron chi connectivity index (χ3n) is 4.98. The number of nitrogens with one attached hydrogen (secondary N) is 1. The lowest BCUT2D eigenvalue weighted by molar-refractivity contribution is 0.161. The van der Waals surface area contributed by atoms with Crippen LogP contribution in [0.1, 0.15) is 5.89 Å². The van der Waals surface area contributed by atoms with Crippen LogP contribution >= 0.6 is 0 Å². The molecule has 2 saturated heterocycles. The van der Waals surface area contributed by atoms with Crippen molar-refractivity contribution < 1.29 is 9.26 Å². The molecule has 0 unspecified atom stereocenters. The lowest BCUT2D eigenvalue weighted by Crippen LogP contribution is -2.35. The number of hydrogen-bond acceptors (Lipinski definition) is 6. The van der Waals surface area contributed by atoms with E-state index in [1.54, 1.807) is 0 Å². The van der Waals surface area contributed by atoms with Crippen molar-refractivity contribution in [2.45, 2.75) is 5.41 Å². The minimum absolute atomic E-state index is 0.187. The van der Waals surface area contributed by atoms with Gasteiger partial charge in [0.05, 0.1) is 24.3 Å². The Labute approximate surface area is 138 Å². The molecule has 2 aromatic heterocycles. The predicted octanol–water partition coefficient (Wildman–Crippen LogP) is 1.41. The van der Waals surface area contributed by atoms with Gasteiger partial charge in [-0.15, -0.1) is 0 Å². The Morgan fingerprint density at radius 1 is 1.21 bits per heavy atom. The van der Waals surface area contributed by atoms with Gasteiger partial charge in [-0.05, 0) is 18.2 Å². The van der Waals surface area contributed by atoms with Gasteiger partial charge in [-0.25, -0.2) is 4.68 Å². The Hall–Kier alpha value is -2.51. The van der Waals surface area contributed by atoms with Crippen molar-refractivity contribution in [3.05, 3.63) is 48.5 Å². The van der Waals surface area contributed by atoms with E-state index in [1.807, 2.05) is 47.3 Å². The number of hydrogen-bond donors (Lipinski definition) is 1. The molecule has 5 rings (SSSR count). The lowest BCUT2D eigenvalue weighted by Gasteiger charge is -2.20. The van der Waals surface area contributed by atoms with Crippen LogP contribution in [-0.4, -0.2) is 46.2 Å². The molecule has 0 radical (unpaired) electrons. The van der Waals surface area contributed by atoms with Crippen LogP contribution in [0.15, 0.2) is 47.1 Å². The van der Waals surface area contributed by atoms with Gasteiger partial charge in [-0.2, -0.15) is 10.1 Å². The molecule has 4 heterocycles. The summed E-state index contributed by atoms with van der Waals surface area (Å²) in [6.45, 7) is 3.12. The molecule has 1 aromatic carbocycles. The molecule has 2 aliphatic heterocycles. The summed E-state index contributed by atoms with van der Waals surface area (Å²) in [4.78, 5) is 4.63. The summed E-state index contributed by atoms with van der Waals surface area (Å²) in [5, 5.41) is 12.1. The van der Waals surface area contributed by atoms with Gasteiger partial charge in [-0.1, -0.05) is 23.4 Å². The van der Waals surface area contributed by atoms with Crippen LogP contribution in [0, 0.1) is 5.92 Å². The molecule has 0 spiro atoms. The van der Waals surface area contributed by atoms with E-state index in [9.17, 15) is 0 Å². The second-order valence-electron chi connectivity index (χ2n) is 6.40. The molecule has 122 valence electrons. The summed E-state index contributed by atoms with van der Waals surface area (Å²) < 4.78 is 13.1. The van der Waals surface area contributed by atoms with Crippen LogP contribution < -0.4 is 5.32 Å². The molecule has 0 amide bonds. The summed E-state index contributed by atoms with van der Waals surface area (Å²) >= 11 is 0. The first-order chi connectivity index (χ1) is 11.9. The molecule has 2 aliphatic rings. The molecule has 1 N–H and O–H groups in total. The number of para-hydroxylation sites is 1. The average molecular weight is 323 g/mol. The van der Waals surface area contributed by atoms with Gasteiger partial charge >= 0.3 is 0 Å². The highest BCUT2D eigenvalue weighted by Gasteiger charge is 2.52. The first kappa shape index (κ1) is 13.9. The second-order valence-corrected chi connectivity index (χ2v) is 6.40. The summed E-state index contributed by atoms with van der Waals surface area (Å²) in [7, 11) is 0. The molecular weight excluding hydrogens is 306 g/mol. The molecule has 2 fully saturated rings. The van der Waals surface area contributed by atoms with E-state index in [0.29, 0.717) is 29.9 Å². The maximum atomic E-state index is 5.66. The number of fused-ring (bicyclic) bond motifs is 1. The van der Waals surface area contributed by atoms with E-state index < -0.39 is 0 Å². The second kappa shape index (κ2) is 5.25. The average Bonchev–Trinajstić information content (AvgIpc) is 3.36. The van der Waals surface area contributed by atoms with E-state index in [-0.39, 0.29) is 5.41 Å². The topological polar surface area (TPSA) is 78.0 Å². The van der Waals surface area contributed by atoms with E-state index >= 15 is 0 Å². The summed E-state index contributed by atoms with van der Waals surface area (Å²) in [6, 6.07) is 11.8. The van der Waals surface area contributed by atoms with E-state index in [2.05, 4.69) is 20.6 Å². The highest BCUT2D eigenvalue weighted by molar-refractivity contribution is 5.48. The van der Waals surface area contributed by atoms with E-state index in [1.165, 1.54) is 0 Å². The number of benzene rings is 1. The fraction of sp³-hybridized carbons (Fsp3) is 0.353. The van der Waals surface area contributed by atoms with Gasteiger partial charge in [0.25, 0.3) is 0 Å². The molecule has 7 nitrogen and oxygen atoms in total. The molecule has 0 aliphatic carbocycles. The van der Waals surface area contributed by atoms with Gasteiger partial charge in [0.1, 0.15) is 5.69 Å². The zero-order valence-electron chi connectivity index (χ0n) is 13.1. The van der Waals surface area contributed by atoms with Crippen molar-refractivity contribution in [3.63, 3.8) is 0 Å². The fourth-order valence-corrected chi connectivity index (χ4v) is 3.59. The van der Waals surface area contributed by atoms with E-state index in [0.717, 1.165) is 25.4 Å². The zero-order valence-corrected chi connectivity index (χ0v) is 13.1. The Morgan fingerprint density at radius 3 is 3.04 bits per heavy atom. The standard InChI is InChI=1S/C17H17N5O2/c1-2-4-13(5-3-1)22-7-6-14(20-22)15-19-16(24-21-15)17-10-18-8-12(17)9-23-11-17/h1-7,12,18H,8-11H2/t12-,17-/m0/s1. The van der Waals surface area contributed by atoms with Crippen molar-refractivity contribution in [2.75, 3.05) is 26.3 Å². The first-order valence-corrected chi connectivity index (χ1v) is 8.09. The van der Waals surface area contributed by atoms with Crippen LogP contribution in [0.3, 0.4) is 0 Å². The summed E-state index contributed by atoms with van der Waals surface area (Å²) in [6.07, 6.45) is 1.90. The van der Waals surface area contributed by atoms with Gasteiger partial charge < -0.3 is 14.6 Å². The zero-order chi connectivity index (χ0) is 16.0. The van der Waals surface area contributed by atoms with E-state index in [4.69, 9.17) is 9.26 Å². The lowest BCUT2D eigenvalue weighted by atomic mass is 9.81. The van der Waals surface area contributed by atoms with Crippen molar-refractivity contribution in [1.29, 1.82) is 0 Å². The van der Waals surface area contributed by atoms with Crippen LogP contribution in [-0.2, 0) is 10.2 Å². The smallest absolute Gasteiger partial charge is 0.237 e. The third kappa shape index (κ3) is 2.02. The summed E-state index contributed by atoms with van der Waals surface area (Å²) in [5.41, 5.74) is 1.51. The molecule has 0 saturated carbocycles. The number of aromatic nitrogens is 4. The number of rotatable bonds is 3. The maximum Gasteiger partial charge on any atom is 0.237 e. The monoisotopic (exact) mass is 323 g/mol. The van der Waals surface area contributed by atoms with Crippen molar-refractivity contribution in [3.8, 4) is 17.2 Å². The van der Waals surface area contributed by atoms with Crippen LogP contribution in [0.5, 0.6) is 0 Å². The Kier molecular flexibility index (Phi) is 3.04. The van der Waals surface area contributed by atoms with Crippen molar-refractivity contribution in [1.82, 2.24) is 25.2 Å². The highest BCUT2D eigenvalue weighted by atomic mass is 16.5. The highest BCUT2D eigenvalue weighted by Crippen LogP contribution is 2.40. The molecule has 2 atom stereocenters. The van der Waals surface area contributed by atoms with Gasteiger partial charge in [0.15, 0.2) is 0 Å². The van der Waals surface area contributed by atoms with Gasteiger partial charge in [0.2, 0.25) is 11.7 Å². The van der Waals surface area contributed by atoms with Gasteiger partial charge in [0, 0.05) is 25.2 Å². The Morgan fingerprint density at radius 2 is 2.12 bits per heavy atom. The van der Waals surface area contributed by atoms with Crippen molar-refractivity contribution in [2.24, 2.45) is 5.92 Å². The fourth-order valence-electron chi connectivity index (χ4n) is 3.59. The third-order valence-corrected chi connectivity index (χ3v) is 4.98. The molecule has 0 bridgehead atoms. The van der Waals surface area contributed by atoms with Gasteiger partial charge in [-0.3, -0.25) is 0 Å². The van der Waals surface area contributed by atoms with Crippen molar-refractivity contribution >= 4 is 0 Å². The van der Waals surface area contributed by atoms with Crippen LogP contribution in [0.25, 0.3) is 17.2 Å². The van der Waals surface area contributed by atoms with Crippen LogP contribution in [0.2, 0.25) is 0 Å². The number of ether oxygens (including phenoxy) is 1. The molecule has 24 heavy (non-hydrogen) atoms. The molecule has 7 heteroatoms. The largest absolute Gasteiger partial charge is 0.380 e. The molecule has 3 aromatic rings. The predicted molar refractivity (Wildman–Crippen MR) is 85.7 cm³/mol. The number of nitrogens with zero attached hydrogens (tertiary/aromatic N) is 4. The Bertz CT molecular complexity index is 847. The molecular formula is C17H17N5O2. The first-order valence-electron chi connectivity index (χ1n) is 8.09. The summed E-state index contributed by atoms with van der Waals surface area (Å²) in [5.74, 6) is 1.57. The normalized spacial score (nSPS) is 25.9. The SMILES string of the molecule is c1ccc(-n2ccc(-c3noc([C@]45CNC[C@H]4COC5)n3)n2)cc1. The minimum Gasteiger partial charge on any atom is -0.380 e. The van der Waals surface area contributed by atoms with Crippen LogP contribution in [0.4, 0.5) is 0 Å². The maximum absolute atomic E-state index is 5.66. The Balaban J connectivity index is 1.47. The minimum atomic E-state index is -0.187.